The number of hydrogen-bond donors (Lipinski definition) is 1. The third-order valence-corrected chi connectivity index (χ3v) is 2.54. The van der Waals surface area contributed by atoms with Gasteiger partial charge in [-0.1, -0.05) is 0 Å². The fourth-order valence-electron chi connectivity index (χ4n) is 1.84. The van der Waals surface area contributed by atoms with Crippen molar-refractivity contribution in [3.05, 3.63) is 11.8 Å². The van der Waals surface area contributed by atoms with E-state index in [0.717, 1.165) is 4.68 Å². The van der Waals surface area contributed by atoms with Crippen LogP contribution in [0.4, 0.5) is 14.6 Å². The number of alkyl halides is 2. The molecule has 0 aromatic carbocycles. The second-order valence-electron chi connectivity index (χ2n) is 3.83. The van der Waals surface area contributed by atoms with E-state index in [2.05, 4.69) is 10.4 Å². The second-order valence-corrected chi connectivity index (χ2v) is 3.83. The number of halogens is 2. The Morgan fingerprint density at radius 2 is 2.44 bits per heavy atom. The fourth-order valence-corrected chi connectivity index (χ4v) is 1.84. The Balaban J connectivity index is 2.41. The average molecular weight is 230 g/mol. The maximum Gasteiger partial charge on any atom is 0.260 e. The lowest BCUT2D eigenvalue weighted by Crippen LogP contribution is -2.33. The molecule has 0 radical (unpaired) electrons. The summed E-state index contributed by atoms with van der Waals surface area (Å²) in [6.45, 7) is 1.75. The van der Waals surface area contributed by atoms with Gasteiger partial charge in [-0.15, -0.1) is 0 Å². The molecule has 1 aromatic heterocycles. The van der Waals surface area contributed by atoms with Gasteiger partial charge in [0.1, 0.15) is 17.6 Å². The van der Waals surface area contributed by atoms with Crippen LogP contribution in [0.2, 0.25) is 0 Å². The Morgan fingerprint density at radius 1 is 1.75 bits per heavy atom. The van der Waals surface area contributed by atoms with Gasteiger partial charge >= 0.3 is 0 Å². The number of rotatable bonds is 2. The number of aromatic nitrogens is 2. The Kier molecular flexibility index (Phi) is 2.53. The van der Waals surface area contributed by atoms with Gasteiger partial charge in [0.2, 0.25) is 0 Å². The van der Waals surface area contributed by atoms with Crippen molar-refractivity contribution in [3.63, 3.8) is 0 Å². The predicted octanol–water partition coefficient (Wildman–Crippen LogP) is 0.257. The number of carbonyl (C=O) groups excluding carboxylic acids is 1. The Hall–Kier alpha value is -1.66. The zero-order valence-corrected chi connectivity index (χ0v) is 8.48. The topological polar surface area (TPSA) is 70.0 Å². The summed E-state index contributed by atoms with van der Waals surface area (Å²) in [6, 6.07) is -0.0162. The SMILES string of the molecule is C[C@@H]1C[C@H](C(F)F)n2nc(C(=O)[O-])cc2N1. The van der Waals surface area contributed by atoms with Gasteiger partial charge in [0.15, 0.2) is 0 Å². The molecular formula is C9H10F2N3O2-. The minimum atomic E-state index is -2.57. The fraction of sp³-hybridized carbons (Fsp3) is 0.556. The monoisotopic (exact) mass is 230 g/mol. The van der Waals surface area contributed by atoms with Crippen LogP contribution in [-0.4, -0.2) is 28.2 Å². The molecule has 2 heterocycles. The summed E-state index contributed by atoms with van der Waals surface area (Å²) < 4.78 is 26.5. The van der Waals surface area contributed by atoms with Crippen LogP contribution < -0.4 is 10.4 Å². The standard InChI is InChI=1S/C9H11F2N3O2/c1-4-2-6(8(10)11)14-7(12-4)3-5(13-14)9(15)16/h3-4,6,8,12H,2H2,1H3,(H,15,16)/p-1/t4-,6-/m1/s1. The van der Waals surface area contributed by atoms with E-state index >= 15 is 0 Å². The lowest BCUT2D eigenvalue weighted by atomic mass is 10.1. The smallest absolute Gasteiger partial charge is 0.260 e. The van der Waals surface area contributed by atoms with Crippen molar-refractivity contribution in [2.45, 2.75) is 31.9 Å². The van der Waals surface area contributed by atoms with Crippen molar-refractivity contribution < 1.29 is 18.7 Å². The predicted molar refractivity (Wildman–Crippen MR) is 49.3 cm³/mol. The summed E-state index contributed by atoms with van der Waals surface area (Å²) in [5, 5.41) is 17.1. The second kappa shape index (κ2) is 3.73. The van der Waals surface area contributed by atoms with E-state index < -0.39 is 18.4 Å². The molecule has 1 N–H and O–H groups in total. The first kappa shape index (κ1) is 10.8. The van der Waals surface area contributed by atoms with Crippen LogP contribution in [-0.2, 0) is 0 Å². The molecule has 0 bridgehead atoms. The molecule has 7 heteroatoms. The van der Waals surface area contributed by atoms with E-state index in [1.54, 1.807) is 6.92 Å². The maximum absolute atomic E-state index is 12.7. The van der Waals surface area contributed by atoms with Gasteiger partial charge in [-0.2, -0.15) is 5.10 Å². The van der Waals surface area contributed by atoms with Crippen molar-refractivity contribution in [2.24, 2.45) is 0 Å². The number of hydrogen-bond acceptors (Lipinski definition) is 4. The molecule has 0 amide bonds. The molecule has 1 aromatic rings. The van der Waals surface area contributed by atoms with Crippen LogP contribution >= 0.6 is 0 Å². The molecule has 2 atom stereocenters. The number of aromatic carboxylic acids is 1. The minimum absolute atomic E-state index is 0.141. The van der Waals surface area contributed by atoms with Crippen LogP contribution in [0.3, 0.4) is 0 Å². The Labute approximate surface area is 90.1 Å². The zero-order chi connectivity index (χ0) is 11.9. The first-order chi connectivity index (χ1) is 7.49. The first-order valence-electron chi connectivity index (χ1n) is 4.84. The molecule has 5 nitrogen and oxygen atoms in total. The van der Waals surface area contributed by atoms with Crippen LogP contribution in [0.25, 0.3) is 0 Å². The normalized spacial score (nSPS) is 24.0. The van der Waals surface area contributed by atoms with Crippen molar-refractivity contribution in [1.29, 1.82) is 0 Å². The zero-order valence-electron chi connectivity index (χ0n) is 8.48. The van der Waals surface area contributed by atoms with Crippen LogP contribution in [0.15, 0.2) is 6.07 Å². The van der Waals surface area contributed by atoms with E-state index in [9.17, 15) is 18.7 Å². The molecule has 0 spiro atoms. The van der Waals surface area contributed by atoms with Crippen molar-refractivity contribution >= 4 is 11.8 Å². The summed E-state index contributed by atoms with van der Waals surface area (Å²) in [4.78, 5) is 10.6. The van der Waals surface area contributed by atoms with Gasteiger partial charge in [-0.25, -0.2) is 13.5 Å². The highest BCUT2D eigenvalue weighted by molar-refractivity contribution is 5.84. The molecule has 0 saturated heterocycles. The van der Waals surface area contributed by atoms with Gasteiger partial charge in [0, 0.05) is 12.1 Å². The summed E-state index contributed by atoms with van der Waals surface area (Å²) in [7, 11) is 0. The molecule has 0 fully saturated rings. The van der Waals surface area contributed by atoms with Crippen LogP contribution in [0.1, 0.15) is 29.9 Å². The van der Waals surface area contributed by atoms with E-state index in [1.807, 2.05) is 0 Å². The van der Waals surface area contributed by atoms with Crippen LogP contribution in [0, 0.1) is 0 Å². The molecule has 0 aliphatic carbocycles. The largest absolute Gasteiger partial charge is 0.543 e. The van der Waals surface area contributed by atoms with Gasteiger partial charge in [0.25, 0.3) is 6.43 Å². The third-order valence-electron chi connectivity index (χ3n) is 2.54. The number of carbonyl (C=O) groups is 1. The number of carboxylic acid groups (broad SMARTS) is 1. The third kappa shape index (κ3) is 1.72. The maximum atomic E-state index is 12.7. The number of nitrogens with one attached hydrogen (secondary N) is 1. The summed E-state index contributed by atoms with van der Waals surface area (Å²) in [5.41, 5.74) is -0.331. The Bertz CT molecular complexity index is 419. The highest BCUT2D eigenvalue weighted by Gasteiger charge is 2.32. The number of anilines is 1. The van der Waals surface area contributed by atoms with E-state index in [0.29, 0.717) is 5.82 Å². The summed E-state index contributed by atoms with van der Waals surface area (Å²) in [6.07, 6.45) is -2.36. The van der Waals surface area contributed by atoms with E-state index in [-0.39, 0.29) is 18.2 Å². The van der Waals surface area contributed by atoms with Crippen molar-refractivity contribution in [2.75, 3.05) is 5.32 Å². The summed E-state index contributed by atoms with van der Waals surface area (Å²) in [5.74, 6) is -1.17. The molecule has 1 aliphatic heterocycles. The van der Waals surface area contributed by atoms with Crippen molar-refractivity contribution in [3.8, 4) is 0 Å². The quantitative estimate of drug-likeness (QED) is 0.791. The molecule has 88 valence electrons. The first-order valence-corrected chi connectivity index (χ1v) is 4.84. The van der Waals surface area contributed by atoms with Crippen molar-refractivity contribution in [1.82, 2.24) is 9.78 Å². The highest BCUT2D eigenvalue weighted by atomic mass is 19.3. The number of carboxylic acids is 1. The van der Waals surface area contributed by atoms with Crippen LogP contribution in [0.5, 0.6) is 0 Å². The van der Waals surface area contributed by atoms with Gasteiger partial charge in [0.05, 0.1) is 5.97 Å². The molecular weight excluding hydrogens is 220 g/mol. The molecule has 16 heavy (non-hydrogen) atoms. The lowest BCUT2D eigenvalue weighted by molar-refractivity contribution is -0.255. The van der Waals surface area contributed by atoms with Gasteiger partial charge < -0.3 is 15.2 Å². The van der Waals surface area contributed by atoms with Gasteiger partial charge in [-0.3, -0.25) is 0 Å². The molecule has 0 saturated carbocycles. The Morgan fingerprint density at radius 3 is 3.00 bits per heavy atom. The minimum Gasteiger partial charge on any atom is -0.543 e. The molecule has 1 aliphatic rings. The van der Waals surface area contributed by atoms with Gasteiger partial charge in [-0.05, 0) is 13.3 Å². The van der Waals surface area contributed by atoms with E-state index in [1.165, 1.54) is 6.07 Å². The molecule has 0 unspecified atom stereocenters. The lowest BCUT2D eigenvalue weighted by Gasteiger charge is -2.29. The number of nitrogens with zero attached hydrogens (tertiary/aromatic N) is 2. The summed E-state index contributed by atoms with van der Waals surface area (Å²) >= 11 is 0. The van der Waals surface area contributed by atoms with E-state index in [4.69, 9.17) is 0 Å². The molecule has 2 rings (SSSR count). The number of fused-ring (bicyclic) bond motifs is 1. The highest BCUT2D eigenvalue weighted by Crippen LogP contribution is 2.31. The average Bonchev–Trinajstić information content (AvgIpc) is 2.59.